The molecule has 0 radical (unpaired) electrons. The number of H-pyrrole nitrogens is 1. The molecule has 1 aliphatic carbocycles. The molecule has 4 aromatic rings. The van der Waals surface area contributed by atoms with E-state index in [4.69, 9.17) is 9.15 Å². The first-order valence-electron chi connectivity index (χ1n) is 11.1. The number of aromatic amines is 1. The molecule has 1 atom stereocenters. The molecule has 8 heteroatoms. The second kappa shape index (κ2) is 8.72. The molecule has 0 saturated heterocycles. The molecule has 0 fully saturated rings. The summed E-state index contributed by atoms with van der Waals surface area (Å²) in [4.78, 5) is 44.7. The van der Waals surface area contributed by atoms with Crippen molar-refractivity contribution in [2.24, 2.45) is 0 Å². The molecule has 1 N–H and O–H groups in total. The van der Waals surface area contributed by atoms with Crippen LogP contribution in [0.4, 0.5) is 0 Å². The highest BCUT2D eigenvalue weighted by atomic mass is 16.5. The zero-order chi connectivity index (χ0) is 24.7. The average molecular weight is 469 g/mol. The Morgan fingerprint density at radius 2 is 1.94 bits per heavy atom. The van der Waals surface area contributed by atoms with Crippen molar-refractivity contribution in [2.45, 2.75) is 26.3 Å². The Labute approximate surface area is 200 Å². The summed E-state index contributed by atoms with van der Waals surface area (Å²) in [6.45, 7) is 3.92. The number of esters is 1. The van der Waals surface area contributed by atoms with Crippen molar-refractivity contribution >= 4 is 18.1 Å². The number of hydrogen-bond acceptors (Lipinski definition) is 6. The summed E-state index contributed by atoms with van der Waals surface area (Å²) in [7, 11) is 1.31. The maximum Gasteiger partial charge on any atom is 0.337 e. The van der Waals surface area contributed by atoms with Crippen LogP contribution in [0.5, 0.6) is 0 Å². The van der Waals surface area contributed by atoms with E-state index in [9.17, 15) is 14.4 Å². The maximum atomic E-state index is 13.1. The third kappa shape index (κ3) is 4.14. The van der Waals surface area contributed by atoms with Gasteiger partial charge in [-0.3, -0.25) is 14.3 Å². The Balaban J connectivity index is 1.65. The fourth-order valence-corrected chi connectivity index (χ4v) is 4.47. The molecule has 5 rings (SSSR count). The maximum absolute atomic E-state index is 13.1. The van der Waals surface area contributed by atoms with Gasteiger partial charge in [0.2, 0.25) is 0 Å². The van der Waals surface area contributed by atoms with E-state index in [1.165, 1.54) is 11.7 Å². The van der Waals surface area contributed by atoms with E-state index in [0.717, 1.165) is 16.7 Å². The first-order chi connectivity index (χ1) is 16.8. The van der Waals surface area contributed by atoms with E-state index in [-0.39, 0.29) is 6.54 Å². The van der Waals surface area contributed by atoms with Crippen molar-refractivity contribution in [3.8, 4) is 0 Å². The van der Waals surface area contributed by atoms with Gasteiger partial charge in [-0.15, -0.1) is 0 Å². The van der Waals surface area contributed by atoms with E-state index >= 15 is 0 Å². The minimum Gasteiger partial charge on any atom is -0.465 e. The summed E-state index contributed by atoms with van der Waals surface area (Å²) in [6, 6.07) is 12.8. The number of oxazole rings is 1. The normalized spacial score (nSPS) is 14.2. The molecule has 8 nitrogen and oxygen atoms in total. The van der Waals surface area contributed by atoms with Crippen molar-refractivity contribution in [2.75, 3.05) is 7.11 Å². The fraction of sp³-hybridized carbons (Fsp3) is 0.185. The summed E-state index contributed by atoms with van der Waals surface area (Å²) >= 11 is 0. The van der Waals surface area contributed by atoms with Crippen LogP contribution >= 0.6 is 0 Å². The topological polar surface area (TPSA) is 107 Å². The van der Waals surface area contributed by atoms with Crippen LogP contribution in [0.15, 0.2) is 62.7 Å². The number of benzene rings is 2. The monoisotopic (exact) mass is 469 g/mol. The minimum atomic E-state index is -0.561. The van der Waals surface area contributed by atoms with Crippen molar-refractivity contribution in [1.82, 2.24) is 14.5 Å². The second-order valence-electron chi connectivity index (χ2n) is 8.54. The van der Waals surface area contributed by atoms with Gasteiger partial charge < -0.3 is 9.15 Å². The van der Waals surface area contributed by atoms with E-state index in [2.05, 4.69) is 9.97 Å². The lowest BCUT2D eigenvalue weighted by atomic mass is 9.87. The third-order valence-electron chi connectivity index (χ3n) is 6.07. The van der Waals surface area contributed by atoms with Crippen LogP contribution < -0.4 is 11.2 Å². The van der Waals surface area contributed by atoms with Crippen LogP contribution in [0.3, 0.4) is 0 Å². The molecule has 0 bridgehead atoms. The van der Waals surface area contributed by atoms with Gasteiger partial charge in [0.25, 0.3) is 5.56 Å². The van der Waals surface area contributed by atoms with Crippen LogP contribution in [0.2, 0.25) is 0 Å². The van der Waals surface area contributed by atoms with E-state index < -0.39 is 23.1 Å². The Kier molecular flexibility index (Phi) is 5.56. The lowest BCUT2D eigenvalue weighted by Crippen LogP contribution is -2.33. The predicted molar refractivity (Wildman–Crippen MR) is 130 cm³/mol. The lowest BCUT2D eigenvalue weighted by molar-refractivity contribution is 0.0600. The van der Waals surface area contributed by atoms with Gasteiger partial charge in [0.15, 0.2) is 5.89 Å². The second-order valence-corrected chi connectivity index (χ2v) is 8.54. The van der Waals surface area contributed by atoms with E-state index in [0.29, 0.717) is 34.0 Å². The van der Waals surface area contributed by atoms with E-state index in [1.54, 1.807) is 37.4 Å². The van der Waals surface area contributed by atoms with Gasteiger partial charge in [0, 0.05) is 18.7 Å². The zero-order valence-corrected chi connectivity index (χ0v) is 19.5. The number of methoxy groups -OCH3 is 1. The van der Waals surface area contributed by atoms with Crippen LogP contribution in [-0.2, 0) is 11.3 Å². The highest BCUT2D eigenvalue weighted by Crippen LogP contribution is 2.38. The molecule has 2 heterocycles. The van der Waals surface area contributed by atoms with Gasteiger partial charge in [0.1, 0.15) is 11.5 Å². The quantitative estimate of drug-likeness (QED) is 0.403. The molecular weight excluding hydrogens is 446 g/mol. The van der Waals surface area contributed by atoms with Crippen molar-refractivity contribution in [3.05, 3.63) is 120 Å². The van der Waals surface area contributed by atoms with Gasteiger partial charge in [-0.25, -0.2) is 14.6 Å². The van der Waals surface area contributed by atoms with Gasteiger partial charge >= 0.3 is 11.7 Å². The number of hydrogen-bond donors (Lipinski definition) is 1. The van der Waals surface area contributed by atoms with E-state index in [1.807, 2.05) is 37.3 Å². The molecule has 2 aromatic heterocycles. The van der Waals surface area contributed by atoms with Crippen molar-refractivity contribution in [1.29, 1.82) is 0 Å². The van der Waals surface area contributed by atoms with Crippen molar-refractivity contribution < 1.29 is 13.9 Å². The van der Waals surface area contributed by atoms with Crippen LogP contribution in [-0.4, -0.2) is 27.6 Å². The Bertz CT molecular complexity index is 1610. The Morgan fingerprint density at radius 3 is 2.74 bits per heavy atom. The molecule has 176 valence electrons. The molecule has 0 amide bonds. The number of rotatable bonds is 4. The summed E-state index contributed by atoms with van der Waals surface area (Å²) in [5, 5.41) is 0. The fourth-order valence-electron chi connectivity index (χ4n) is 4.47. The SMILES string of the molecule is COC(=O)c1cccc(Cn2cc(C3c4ccc(C)cc4C=Cc4nc(C)oc43)c(=O)[nH]c2=O)c1. The molecule has 0 saturated carbocycles. The number of ether oxygens (including phenoxy) is 1. The number of carbonyl (C=O) groups is 1. The minimum absolute atomic E-state index is 0.154. The number of fused-ring (bicyclic) bond motifs is 2. The van der Waals surface area contributed by atoms with Gasteiger partial charge in [-0.1, -0.05) is 42.0 Å². The van der Waals surface area contributed by atoms with Crippen LogP contribution in [0.25, 0.3) is 12.2 Å². The summed E-state index contributed by atoms with van der Waals surface area (Å²) in [6.07, 6.45) is 5.41. The molecule has 0 spiro atoms. The van der Waals surface area contributed by atoms with Gasteiger partial charge in [-0.2, -0.15) is 0 Å². The molecule has 1 unspecified atom stereocenters. The zero-order valence-electron chi connectivity index (χ0n) is 19.5. The highest BCUT2D eigenvalue weighted by molar-refractivity contribution is 5.89. The molecule has 0 aliphatic heterocycles. The average Bonchev–Trinajstić information content (AvgIpc) is 3.14. The summed E-state index contributed by atoms with van der Waals surface area (Å²) in [5.74, 6) is 0.00978. The smallest absolute Gasteiger partial charge is 0.337 e. The molecule has 2 aromatic carbocycles. The number of nitrogens with zero attached hydrogens (tertiary/aromatic N) is 2. The number of aryl methyl sites for hydroxylation is 2. The lowest BCUT2D eigenvalue weighted by Gasteiger charge is -2.18. The third-order valence-corrected chi connectivity index (χ3v) is 6.07. The first kappa shape index (κ1) is 22.3. The number of carbonyl (C=O) groups excluding carboxylic acids is 1. The number of aromatic nitrogens is 3. The first-order valence-corrected chi connectivity index (χ1v) is 11.1. The largest absolute Gasteiger partial charge is 0.465 e. The van der Waals surface area contributed by atoms with Crippen molar-refractivity contribution in [3.63, 3.8) is 0 Å². The molecular formula is C27H23N3O5. The molecule has 1 aliphatic rings. The van der Waals surface area contributed by atoms with Crippen LogP contribution in [0.1, 0.15) is 61.4 Å². The van der Waals surface area contributed by atoms with Gasteiger partial charge in [-0.05, 0) is 41.8 Å². The Hall–Kier alpha value is -4.46. The standard InChI is InChI=1S/C27H23N3O5/c1-15-7-9-20-18(11-15)8-10-22-24(35-16(2)28-22)23(20)21-14-30(27(33)29-25(21)31)13-17-5-4-6-19(12-17)26(32)34-3/h4-12,14,23H,13H2,1-3H3,(H,29,31,33). The summed E-state index contributed by atoms with van der Waals surface area (Å²) < 4.78 is 12.2. The molecule has 35 heavy (non-hydrogen) atoms. The predicted octanol–water partition coefficient (Wildman–Crippen LogP) is 3.64. The highest BCUT2D eigenvalue weighted by Gasteiger charge is 2.30. The summed E-state index contributed by atoms with van der Waals surface area (Å²) in [5.41, 5.74) is 3.96. The van der Waals surface area contributed by atoms with Gasteiger partial charge in [0.05, 0.1) is 25.1 Å². The number of nitrogens with one attached hydrogen (secondary N) is 1. The Morgan fingerprint density at radius 1 is 1.11 bits per heavy atom. The van der Waals surface area contributed by atoms with Crippen LogP contribution in [0, 0.1) is 13.8 Å².